The molecule has 0 radical (unpaired) electrons. The molecule has 7 rings (SSSR count). The van der Waals surface area contributed by atoms with Crippen LogP contribution >= 0.6 is 0 Å². The number of hydrogen-bond donors (Lipinski definition) is 0. The lowest BCUT2D eigenvalue weighted by molar-refractivity contribution is -0.0647. The molecule has 36 heavy (non-hydrogen) atoms. The van der Waals surface area contributed by atoms with Gasteiger partial charge in [0.25, 0.3) is 0 Å². The van der Waals surface area contributed by atoms with Gasteiger partial charge in [-0.15, -0.1) is 0 Å². The van der Waals surface area contributed by atoms with Gasteiger partial charge in [-0.25, -0.2) is 0 Å². The molecule has 0 spiro atoms. The van der Waals surface area contributed by atoms with Crippen molar-refractivity contribution in [2.45, 2.75) is 25.0 Å². The maximum atomic E-state index is 14.0. The second kappa shape index (κ2) is 7.05. The minimum Gasteiger partial charge on any atom is -0.478 e. The summed E-state index contributed by atoms with van der Waals surface area (Å²) in [5, 5.41) is 0. The summed E-state index contributed by atoms with van der Waals surface area (Å²) < 4.78 is 13.4. The van der Waals surface area contributed by atoms with E-state index in [0.29, 0.717) is 44.9 Å². The Morgan fingerprint density at radius 2 is 0.889 bits per heavy atom. The number of carbonyl (C=O) groups is 2. The second-order valence-corrected chi connectivity index (χ2v) is 9.80. The number of Topliss-reactive ketones (excluding diaryl/α,β-unsaturated/α-hetero) is 2. The van der Waals surface area contributed by atoms with Crippen LogP contribution in [0.5, 0.6) is 0 Å². The number of rotatable bonds is 2. The van der Waals surface area contributed by atoms with Crippen LogP contribution in [0.2, 0.25) is 0 Å². The Balaban J connectivity index is 1.54. The lowest BCUT2D eigenvalue weighted by atomic mass is 9.63. The van der Waals surface area contributed by atoms with E-state index in [9.17, 15) is 9.59 Å². The molecular formula is C32H22O4. The summed E-state index contributed by atoms with van der Waals surface area (Å²) in [6.07, 6.45) is 3.82. The molecule has 2 heterocycles. The molecule has 2 aliphatic carbocycles. The molecule has 3 aromatic carbocycles. The molecule has 174 valence electrons. The highest BCUT2D eigenvalue weighted by atomic mass is 16.6. The molecule has 2 atom stereocenters. The molecule has 2 aliphatic heterocycles. The predicted molar refractivity (Wildman–Crippen MR) is 137 cm³/mol. The quantitative estimate of drug-likeness (QED) is 0.439. The smallest absolute Gasteiger partial charge is 0.194 e. The molecule has 0 saturated heterocycles. The lowest BCUT2D eigenvalue weighted by Crippen LogP contribution is -2.55. The Bertz CT molecular complexity index is 1500. The van der Waals surface area contributed by atoms with Crippen molar-refractivity contribution in [2.24, 2.45) is 0 Å². The van der Waals surface area contributed by atoms with Gasteiger partial charge in [-0.05, 0) is 26.0 Å². The Kier molecular flexibility index (Phi) is 4.09. The molecule has 0 unspecified atom stereocenters. The maximum absolute atomic E-state index is 14.0. The Labute approximate surface area is 208 Å². The van der Waals surface area contributed by atoms with Crippen molar-refractivity contribution in [3.63, 3.8) is 0 Å². The number of allylic oxidation sites excluding steroid dienone is 2. The fourth-order valence-electron chi connectivity index (χ4n) is 5.86. The standard InChI is InChI=1S/C32H22O4/c1-31-23(17-25(35-31)19-11-5-3-6-12-19)27-28(30(34)22-16-10-9-15-21(22)29(27)33)24-18-26(36-32(24,31)2)20-13-7-4-8-14-20/h3-18H,1-2H3/t31-,32-/m1/s1. The van der Waals surface area contributed by atoms with Gasteiger partial charge in [0, 0.05) is 44.5 Å². The van der Waals surface area contributed by atoms with E-state index in [2.05, 4.69) is 0 Å². The monoisotopic (exact) mass is 470 g/mol. The van der Waals surface area contributed by atoms with E-state index in [1.807, 2.05) is 86.7 Å². The van der Waals surface area contributed by atoms with Crippen LogP contribution in [-0.2, 0) is 9.47 Å². The molecular weight excluding hydrogens is 448 g/mol. The Morgan fingerprint density at radius 1 is 0.528 bits per heavy atom. The van der Waals surface area contributed by atoms with Gasteiger partial charge in [-0.3, -0.25) is 9.59 Å². The van der Waals surface area contributed by atoms with Gasteiger partial charge in [-0.2, -0.15) is 0 Å². The Hall–Kier alpha value is -4.44. The van der Waals surface area contributed by atoms with Gasteiger partial charge < -0.3 is 9.47 Å². The number of fused-ring (bicyclic) bond motifs is 5. The van der Waals surface area contributed by atoms with Gasteiger partial charge in [0.15, 0.2) is 22.8 Å². The third-order valence-electron chi connectivity index (χ3n) is 7.89. The molecule has 0 N–H and O–H groups in total. The number of ether oxygens (including phenoxy) is 2. The third-order valence-corrected chi connectivity index (χ3v) is 7.89. The zero-order valence-corrected chi connectivity index (χ0v) is 19.9. The van der Waals surface area contributed by atoms with E-state index in [0.717, 1.165) is 11.1 Å². The number of benzene rings is 3. The molecule has 0 aromatic heterocycles. The topological polar surface area (TPSA) is 52.6 Å². The second-order valence-electron chi connectivity index (χ2n) is 9.80. The van der Waals surface area contributed by atoms with Crippen molar-refractivity contribution in [3.8, 4) is 0 Å². The Morgan fingerprint density at radius 3 is 1.28 bits per heavy atom. The summed E-state index contributed by atoms with van der Waals surface area (Å²) in [5.41, 5.74) is 2.78. The minimum atomic E-state index is -1.03. The van der Waals surface area contributed by atoms with E-state index in [-0.39, 0.29) is 11.6 Å². The highest BCUT2D eigenvalue weighted by Crippen LogP contribution is 2.59. The highest BCUT2D eigenvalue weighted by Gasteiger charge is 2.64. The van der Waals surface area contributed by atoms with Gasteiger partial charge >= 0.3 is 0 Å². The molecule has 0 saturated carbocycles. The summed E-state index contributed by atoms with van der Waals surface area (Å²) >= 11 is 0. The molecule has 4 heteroatoms. The van der Waals surface area contributed by atoms with Crippen LogP contribution in [0, 0.1) is 0 Å². The zero-order valence-electron chi connectivity index (χ0n) is 19.9. The average Bonchev–Trinajstić information content (AvgIpc) is 3.47. The van der Waals surface area contributed by atoms with Crippen LogP contribution in [-0.4, -0.2) is 22.8 Å². The summed E-state index contributed by atoms with van der Waals surface area (Å²) in [5.74, 6) is 0.981. The summed E-state index contributed by atoms with van der Waals surface area (Å²) in [6.45, 7) is 3.91. The van der Waals surface area contributed by atoms with Crippen molar-refractivity contribution < 1.29 is 19.1 Å². The summed E-state index contributed by atoms with van der Waals surface area (Å²) in [6, 6.07) is 26.6. The van der Waals surface area contributed by atoms with Crippen LogP contribution < -0.4 is 0 Å². The average molecular weight is 471 g/mol. The minimum absolute atomic E-state index is 0.160. The van der Waals surface area contributed by atoms with Crippen LogP contribution in [0.15, 0.2) is 119 Å². The molecule has 0 amide bonds. The molecule has 3 aromatic rings. The first kappa shape index (κ1) is 20.9. The van der Waals surface area contributed by atoms with Crippen molar-refractivity contribution in [2.75, 3.05) is 0 Å². The van der Waals surface area contributed by atoms with Crippen molar-refractivity contribution in [1.29, 1.82) is 0 Å². The van der Waals surface area contributed by atoms with Crippen molar-refractivity contribution >= 4 is 23.1 Å². The van der Waals surface area contributed by atoms with Crippen LogP contribution in [0.25, 0.3) is 11.5 Å². The van der Waals surface area contributed by atoms with E-state index in [4.69, 9.17) is 9.47 Å². The fraction of sp³-hybridized carbons (Fsp3) is 0.125. The molecule has 0 fully saturated rings. The summed E-state index contributed by atoms with van der Waals surface area (Å²) in [7, 11) is 0. The molecule has 4 aliphatic rings. The first-order valence-electron chi connectivity index (χ1n) is 12.0. The van der Waals surface area contributed by atoms with Gasteiger partial charge in [0.2, 0.25) is 0 Å². The predicted octanol–water partition coefficient (Wildman–Crippen LogP) is 6.33. The number of hydrogen-bond acceptors (Lipinski definition) is 4. The van der Waals surface area contributed by atoms with E-state index in [1.54, 1.807) is 24.3 Å². The first-order valence-corrected chi connectivity index (χ1v) is 12.0. The largest absolute Gasteiger partial charge is 0.478 e. The van der Waals surface area contributed by atoms with E-state index < -0.39 is 11.2 Å². The van der Waals surface area contributed by atoms with Crippen LogP contribution in [0.4, 0.5) is 0 Å². The normalized spacial score (nSPS) is 25.8. The van der Waals surface area contributed by atoms with Crippen LogP contribution in [0.1, 0.15) is 45.7 Å². The van der Waals surface area contributed by atoms with Gasteiger partial charge in [0.1, 0.15) is 11.5 Å². The zero-order chi connectivity index (χ0) is 24.7. The SMILES string of the molecule is C[C@@]12OC(c3ccccc3)=CC1=C1C(=O)c3ccccc3C(=O)C1=C1C=C(c3ccccc3)O[C@]12C. The maximum Gasteiger partial charge on any atom is 0.194 e. The van der Waals surface area contributed by atoms with Crippen molar-refractivity contribution in [1.82, 2.24) is 0 Å². The number of carbonyl (C=O) groups excluding carboxylic acids is 2. The lowest BCUT2D eigenvalue weighted by Gasteiger charge is -2.46. The first-order chi connectivity index (χ1) is 17.4. The fourth-order valence-corrected chi connectivity index (χ4v) is 5.86. The molecule has 4 nitrogen and oxygen atoms in total. The highest BCUT2D eigenvalue weighted by molar-refractivity contribution is 6.32. The van der Waals surface area contributed by atoms with Crippen LogP contribution in [0.3, 0.4) is 0 Å². The van der Waals surface area contributed by atoms with Gasteiger partial charge in [0.05, 0.1) is 0 Å². The van der Waals surface area contributed by atoms with E-state index in [1.165, 1.54) is 0 Å². The van der Waals surface area contributed by atoms with E-state index >= 15 is 0 Å². The third kappa shape index (κ3) is 2.53. The summed E-state index contributed by atoms with van der Waals surface area (Å²) in [4.78, 5) is 28.0. The number of ketones is 2. The molecule has 0 bridgehead atoms. The van der Waals surface area contributed by atoms with Crippen molar-refractivity contribution in [3.05, 3.63) is 142 Å². The van der Waals surface area contributed by atoms with Gasteiger partial charge in [-0.1, -0.05) is 84.9 Å².